The number of esters is 1. The summed E-state index contributed by atoms with van der Waals surface area (Å²) in [5, 5.41) is 0. The van der Waals surface area contributed by atoms with Crippen molar-refractivity contribution >= 4 is 21.9 Å². The Morgan fingerprint density at radius 2 is 2.00 bits per heavy atom. The first-order chi connectivity index (χ1) is 7.85. The average Bonchev–Trinajstić information content (AvgIpc) is 2.19. The number of nitrogens with zero attached hydrogens (tertiary/aromatic N) is 1. The maximum atomic E-state index is 11.9. The Morgan fingerprint density at radius 3 is 2.47 bits per heavy atom. The molecule has 1 unspecified atom stereocenters. The van der Waals surface area contributed by atoms with E-state index in [0.29, 0.717) is 5.56 Å². The minimum atomic E-state index is -0.912. The summed E-state index contributed by atoms with van der Waals surface area (Å²) in [7, 11) is 0. The molecule has 1 aromatic rings. The summed E-state index contributed by atoms with van der Waals surface area (Å²) in [6.45, 7) is 12.5. The van der Waals surface area contributed by atoms with Crippen LogP contribution < -0.4 is 0 Å². The monoisotopic (exact) mass is 295 g/mol. The Kier molecular flexibility index (Phi) is 4.30. The highest BCUT2D eigenvalue weighted by molar-refractivity contribution is 9.10. The van der Waals surface area contributed by atoms with E-state index >= 15 is 0 Å². The van der Waals surface area contributed by atoms with Gasteiger partial charge in [0.15, 0.2) is 0 Å². The Balaban J connectivity index is 2.98. The molecule has 0 radical (unpaired) electrons. The van der Waals surface area contributed by atoms with Crippen LogP contribution in [0.3, 0.4) is 0 Å². The van der Waals surface area contributed by atoms with Crippen molar-refractivity contribution in [1.82, 2.24) is 0 Å². The summed E-state index contributed by atoms with van der Waals surface area (Å²) in [4.78, 5) is 15.2. The van der Waals surface area contributed by atoms with Gasteiger partial charge in [0.2, 0.25) is 0 Å². The molecule has 17 heavy (non-hydrogen) atoms. The highest BCUT2D eigenvalue weighted by atomic mass is 79.9. The molecule has 3 nitrogen and oxygen atoms in total. The van der Waals surface area contributed by atoms with Crippen molar-refractivity contribution in [3.63, 3.8) is 0 Å². The fraction of sp³-hybridized carbons (Fsp3) is 0.385. The quantitative estimate of drug-likeness (QED) is 0.614. The number of hydrogen-bond acceptors (Lipinski definition) is 2. The molecule has 0 aliphatic carbocycles. The first kappa shape index (κ1) is 13.7. The molecule has 0 aliphatic rings. The van der Waals surface area contributed by atoms with Gasteiger partial charge in [-0.3, -0.25) is 4.85 Å². The molecule has 90 valence electrons. The summed E-state index contributed by atoms with van der Waals surface area (Å²) in [6.07, 6.45) is 0. The lowest BCUT2D eigenvalue weighted by atomic mass is 10.1. The zero-order chi connectivity index (χ0) is 13.1. The second-order valence-corrected chi connectivity index (χ2v) is 5.44. The lowest BCUT2D eigenvalue weighted by Crippen LogP contribution is -2.26. The fourth-order valence-corrected chi connectivity index (χ4v) is 1.81. The van der Waals surface area contributed by atoms with Gasteiger partial charge in [0.1, 0.15) is 5.60 Å². The number of carbonyl (C=O) groups excluding carboxylic acids is 1. The van der Waals surface area contributed by atoms with Gasteiger partial charge < -0.3 is 4.74 Å². The Bertz CT molecular complexity index is 457. The Hall–Kier alpha value is -1.34. The molecular weight excluding hydrogens is 282 g/mol. The normalized spacial score (nSPS) is 12.6. The van der Waals surface area contributed by atoms with E-state index in [1.807, 2.05) is 6.07 Å². The van der Waals surface area contributed by atoms with E-state index in [0.717, 1.165) is 4.47 Å². The van der Waals surface area contributed by atoms with Gasteiger partial charge >= 0.3 is 12.0 Å². The third-order valence-electron chi connectivity index (χ3n) is 1.96. The molecule has 0 saturated heterocycles. The van der Waals surface area contributed by atoms with E-state index < -0.39 is 17.6 Å². The standard InChI is InChI=1S/C13H14BrNO2/c1-13(2,3)17-12(16)11(15-4)9-7-5-6-8-10(9)14/h5-8,11H,1-3H3. The van der Waals surface area contributed by atoms with E-state index in [4.69, 9.17) is 11.3 Å². The summed E-state index contributed by atoms with van der Waals surface area (Å²) in [5.74, 6) is -0.514. The number of halogens is 1. The topological polar surface area (TPSA) is 30.7 Å². The summed E-state index contributed by atoms with van der Waals surface area (Å²) in [6, 6.07) is 6.27. The SMILES string of the molecule is [C-]#[N+]C(C(=O)OC(C)(C)C)c1ccccc1Br. The third kappa shape index (κ3) is 3.86. The number of carbonyl (C=O) groups is 1. The predicted octanol–water partition coefficient (Wildman–Crippen LogP) is 3.75. The maximum Gasteiger partial charge on any atom is 0.395 e. The maximum absolute atomic E-state index is 11.9. The number of hydrogen-bond donors (Lipinski definition) is 0. The highest BCUT2D eigenvalue weighted by Crippen LogP contribution is 2.28. The third-order valence-corrected chi connectivity index (χ3v) is 2.68. The van der Waals surface area contributed by atoms with Crippen LogP contribution in [-0.4, -0.2) is 11.6 Å². The fourth-order valence-electron chi connectivity index (χ4n) is 1.30. The molecule has 0 fully saturated rings. The molecule has 0 N–H and O–H groups in total. The smallest absolute Gasteiger partial charge is 0.395 e. The zero-order valence-corrected chi connectivity index (χ0v) is 11.6. The van der Waals surface area contributed by atoms with E-state index in [9.17, 15) is 4.79 Å². The highest BCUT2D eigenvalue weighted by Gasteiger charge is 2.32. The van der Waals surface area contributed by atoms with Crippen molar-refractivity contribution in [3.8, 4) is 0 Å². The van der Waals surface area contributed by atoms with Gasteiger partial charge in [0, 0.05) is 4.47 Å². The zero-order valence-electron chi connectivity index (χ0n) is 10.0. The molecule has 0 aliphatic heterocycles. The van der Waals surface area contributed by atoms with Crippen LogP contribution >= 0.6 is 15.9 Å². The van der Waals surface area contributed by atoms with Crippen LogP contribution in [0.5, 0.6) is 0 Å². The Morgan fingerprint density at radius 1 is 1.41 bits per heavy atom. The van der Waals surface area contributed by atoms with Crippen molar-refractivity contribution in [2.75, 3.05) is 0 Å². The number of rotatable bonds is 2. The first-order valence-electron chi connectivity index (χ1n) is 5.19. The largest absolute Gasteiger partial charge is 0.454 e. The molecular formula is C13H14BrNO2. The predicted molar refractivity (Wildman–Crippen MR) is 69.3 cm³/mol. The molecule has 1 aromatic carbocycles. The van der Waals surface area contributed by atoms with E-state index in [1.165, 1.54) is 0 Å². The van der Waals surface area contributed by atoms with Gasteiger partial charge in [-0.05, 0) is 32.9 Å². The molecule has 1 rings (SSSR count). The van der Waals surface area contributed by atoms with E-state index in [1.54, 1.807) is 39.0 Å². The van der Waals surface area contributed by atoms with Crippen LogP contribution in [0.4, 0.5) is 0 Å². The lowest BCUT2D eigenvalue weighted by Gasteiger charge is -2.20. The molecule has 1 atom stereocenters. The molecule has 0 bridgehead atoms. The van der Waals surface area contributed by atoms with Crippen LogP contribution in [0, 0.1) is 6.57 Å². The molecule has 0 aromatic heterocycles. The van der Waals surface area contributed by atoms with Crippen molar-refractivity contribution in [2.45, 2.75) is 32.4 Å². The van der Waals surface area contributed by atoms with E-state index in [2.05, 4.69) is 20.8 Å². The molecule has 0 heterocycles. The molecule has 0 saturated carbocycles. The van der Waals surface area contributed by atoms with Gasteiger partial charge in [-0.15, -0.1) is 0 Å². The van der Waals surface area contributed by atoms with Crippen molar-refractivity contribution < 1.29 is 9.53 Å². The first-order valence-corrected chi connectivity index (χ1v) is 5.98. The van der Waals surface area contributed by atoms with Crippen LogP contribution in [0.2, 0.25) is 0 Å². The van der Waals surface area contributed by atoms with Gasteiger partial charge in [0.25, 0.3) is 0 Å². The summed E-state index contributed by atoms with van der Waals surface area (Å²) in [5.41, 5.74) is 0.0538. The van der Waals surface area contributed by atoms with Crippen molar-refractivity contribution in [1.29, 1.82) is 0 Å². The van der Waals surface area contributed by atoms with Crippen molar-refractivity contribution in [2.24, 2.45) is 0 Å². The van der Waals surface area contributed by atoms with Crippen LogP contribution in [0.25, 0.3) is 4.85 Å². The Labute approximate surface area is 110 Å². The summed E-state index contributed by atoms with van der Waals surface area (Å²) < 4.78 is 5.97. The molecule has 0 spiro atoms. The van der Waals surface area contributed by atoms with Crippen LogP contribution in [0.1, 0.15) is 32.4 Å². The minimum Gasteiger partial charge on any atom is -0.454 e. The number of benzene rings is 1. The van der Waals surface area contributed by atoms with E-state index in [-0.39, 0.29) is 0 Å². The molecule has 0 amide bonds. The van der Waals surface area contributed by atoms with Crippen LogP contribution in [-0.2, 0) is 9.53 Å². The van der Waals surface area contributed by atoms with Gasteiger partial charge in [-0.25, -0.2) is 11.4 Å². The second-order valence-electron chi connectivity index (χ2n) is 4.59. The lowest BCUT2D eigenvalue weighted by molar-refractivity contribution is -0.155. The van der Waals surface area contributed by atoms with Crippen molar-refractivity contribution in [3.05, 3.63) is 45.7 Å². The van der Waals surface area contributed by atoms with Gasteiger partial charge in [-0.1, -0.05) is 28.1 Å². The van der Waals surface area contributed by atoms with Gasteiger partial charge in [0.05, 0.1) is 5.56 Å². The second kappa shape index (κ2) is 5.33. The average molecular weight is 296 g/mol. The molecule has 4 heteroatoms. The summed E-state index contributed by atoms with van der Waals surface area (Å²) >= 11 is 3.33. The van der Waals surface area contributed by atoms with Gasteiger partial charge in [-0.2, -0.15) is 0 Å². The minimum absolute atomic E-state index is 0.514. The number of ether oxygens (including phenoxy) is 1. The van der Waals surface area contributed by atoms with Crippen LogP contribution in [0.15, 0.2) is 28.7 Å².